The number of pyridine rings is 1. The van der Waals surface area contributed by atoms with Gasteiger partial charge in [0, 0.05) is 59.1 Å². The zero-order valence-corrected chi connectivity index (χ0v) is 17.0. The molecule has 1 N–H and O–H groups in total. The zero-order chi connectivity index (χ0) is 18.7. The van der Waals surface area contributed by atoms with Crippen molar-refractivity contribution < 1.29 is 0 Å². The summed E-state index contributed by atoms with van der Waals surface area (Å²) in [5.74, 6) is 2.14. The highest BCUT2D eigenvalue weighted by atomic mass is 15.3. The van der Waals surface area contributed by atoms with Crippen LogP contribution in [0.4, 0.5) is 5.82 Å². The van der Waals surface area contributed by atoms with E-state index >= 15 is 0 Å². The second-order valence-electron chi connectivity index (χ2n) is 8.59. The third kappa shape index (κ3) is 4.21. The standard InChI is InChI=1S/C21H34N6/c1-22-20(27-10-9-21(17-27)7-3-4-8-21)24-16-18-5-6-19(23-15-18)26-13-11-25(2)12-14-26/h5-6,15H,3-4,7-14,16-17H2,1-2H3,(H,22,24). The molecule has 4 rings (SSSR count). The van der Waals surface area contributed by atoms with Gasteiger partial charge in [-0.15, -0.1) is 0 Å². The molecule has 1 aromatic rings. The molecular weight excluding hydrogens is 336 g/mol. The third-order valence-electron chi connectivity index (χ3n) is 6.70. The Morgan fingerprint density at radius 1 is 1.11 bits per heavy atom. The summed E-state index contributed by atoms with van der Waals surface area (Å²) in [7, 11) is 4.08. The average Bonchev–Trinajstić information content (AvgIpc) is 3.34. The minimum atomic E-state index is 0.573. The first-order chi connectivity index (χ1) is 13.2. The Hall–Kier alpha value is -1.82. The quantitative estimate of drug-likeness (QED) is 0.653. The van der Waals surface area contributed by atoms with E-state index in [4.69, 9.17) is 4.98 Å². The maximum Gasteiger partial charge on any atom is 0.193 e. The molecule has 0 unspecified atom stereocenters. The van der Waals surface area contributed by atoms with Crippen molar-refractivity contribution in [3.05, 3.63) is 23.9 Å². The van der Waals surface area contributed by atoms with Gasteiger partial charge in [0.15, 0.2) is 5.96 Å². The maximum atomic E-state index is 4.70. The molecule has 1 aromatic heterocycles. The molecule has 0 radical (unpaired) electrons. The molecule has 148 valence electrons. The number of piperazine rings is 1. The normalized spacial score (nSPS) is 23.4. The van der Waals surface area contributed by atoms with Gasteiger partial charge >= 0.3 is 0 Å². The van der Waals surface area contributed by atoms with Crippen LogP contribution in [0.25, 0.3) is 0 Å². The predicted octanol–water partition coefficient (Wildman–Crippen LogP) is 2.17. The van der Waals surface area contributed by atoms with Crippen LogP contribution in [0.2, 0.25) is 0 Å². The number of likely N-dealkylation sites (N-methyl/N-ethyl adjacent to an activating group) is 1. The third-order valence-corrected chi connectivity index (χ3v) is 6.70. The SMILES string of the molecule is CN=C(NCc1ccc(N2CCN(C)CC2)nc1)N1CCC2(CCCC2)C1. The predicted molar refractivity (Wildman–Crippen MR) is 111 cm³/mol. The van der Waals surface area contributed by atoms with E-state index in [1.54, 1.807) is 0 Å². The van der Waals surface area contributed by atoms with E-state index in [-0.39, 0.29) is 0 Å². The minimum absolute atomic E-state index is 0.573. The van der Waals surface area contributed by atoms with Crippen molar-refractivity contribution in [2.24, 2.45) is 10.4 Å². The van der Waals surface area contributed by atoms with Crippen molar-refractivity contribution in [3.8, 4) is 0 Å². The first-order valence-corrected chi connectivity index (χ1v) is 10.5. The fraction of sp³-hybridized carbons (Fsp3) is 0.714. The molecule has 27 heavy (non-hydrogen) atoms. The number of anilines is 1. The van der Waals surface area contributed by atoms with Crippen molar-refractivity contribution in [3.63, 3.8) is 0 Å². The highest BCUT2D eigenvalue weighted by molar-refractivity contribution is 5.80. The van der Waals surface area contributed by atoms with Gasteiger partial charge in [-0.05, 0) is 43.4 Å². The van der Waals surface area contributed by atoms with E-state index in [1.165, 1.54) is 44.2 Å². The number of nitrogens with one attached hydrogen (secondary N) is 1. The maximum absolute atomic E-state index is 4.70. The summed E-state index contributed by atoms with van der Waals surface area (Å²) in [5.41, 5.74) is 1.78. The molecule has 1 spiro atoms. The van der Waals surface area contributed by atoms with Crippen molar-refractivity contribution in [1.82, 2.24) is 20.1 Å². The average molecular weight is 371 g/mol. The summed E-state index contributed by atoms with van der Waals surface area (Å²) >= 11 is 0. The topological polar surface area (TPSA) is 47.0 Å². The van der Waals surface area contributed by atoms with Crippen LogP contribution in [0, 0.1) is 5.41 Å². The number of aliphatic imine (C=N–C) groups is 1. The van der Waals surface area contributed by atoms with Crippen molar-refractivity contribution in [2.75, 3.05) is 58.3 Å². The van der Waals surface area contributed by atoms with Crippen molar-refractivity contribution >= 4 is 11.8 Å². The van der Waals surface area contributed by atoms with Gasteiger partial charge in [-0.2, -0.15) is 0 Å². The molecule has 0 bridgehead atoms. The van der Waals surface area contributed by atoms with Crippen molar-refractivity contribution in [2.45, 2.75) is 38.6 Å². The van der Waals surface area contributed by atoms with Crippen LogP contribution in [0.3, 0.4) is 0 Å². The number of hydrogen-bond acceptors (Lipinski definition) is 4. The fourth-order valence-electron chi connectivity index (χ4n) is 4.91. The van der Waals surface area contributed by atoms with Crippen LogP contribution in [0.1, 0.15) is 37.7 Å². The highest BCUT2D eigenvalue weighted by Crippen LogP contribution is 2.45. The molecule has 6 nitrogen and oxygen atoms in total. The Bertz CT molecular complexity index is 641. The van der Waals surface area contributed by atoms with Gasteiger partial charge in [0.1, 0.15) is 5.82 Å². The number of nitrogens with zero attached hydrogens (tertiary/aromatic N) is 5. The number of hydrogen-bond donors (Lipinski definition) is 1. The number of guanidine groups is 1. The van der Waals surface area contributed by atoms with Gasteiger partial charge in [-0.25, -0.2) is 4.98 Å². The van der Waals surface area contributed by atoms with Gasteiger partial charge in [-0.3, -0.25) is 4.99 Å². The first-order valence-electron chi connectivity index (χ1n) is 10.5. The summed E-state index contributed by atoms with van der Waals surface area (Å²) in [6, 6.07) is 4.36. The summed E-state index contributed by atoms with van der Waals surface area (Å²) in [6.07, 6.45) is 8.96. The number of likely N-dealkylation sites (tertiary alicyclic amines) is 1. The lowest BCUT2D eigenvalue weighted by Crippen LogP contribution is -2.44. The lowest BCUT2D eigenvalue weighted by Gasteiger charge is -2.33. The molecule has 3 heterocycles. The van der Waals surface area contributed by atoms with E-state index in [0.29, 0.717) is 5.41 Å². The van der Waals surface area contributed by atoms with E-state index < -0.39 is 0 Å². The van der Waals surface area contributed by atoms with Crippen LogP contribution in [0.5, 0.6) is 0 Å². The van der Waals surface area contributed by atoms with Crippen LogP contribution in [-0.4, -0.2) is 74.1 Å². The van der Waals surface area contributed by atoms with Gasteiger partial charge in [-0.1, -0.05) is 18.9 Å². The molecule has 0 atom stereocenters. The Morgan fingerprint density at radius 3 is 2.56 bits per heavy atom. The van der Waals surface area contributed by atoms with E-state index in [1.807, 2.05) is 13.2 Å². The number of rotatable bonds is 3. The molecule has 0 amide bonds. The summed E-state index contributed by atoms with van der Waals surface area (Å²) in [6.45, 7) is 7.44. The highest BCUT2D eigenvalue weighted by Gasteiger charge is 2.41. The molecule has 1 aliphatic carbocycles. The molecule has 1 saturated carbocycles. The molecule has 3 aliphatic rings. The van der Waals surface area contributed by atoms with Crippen LogP contribution in [-0.2, 0) is 6.54 Å². The first kappa shape index (κ1) is 18.5. The fourth-order valence-corrected chi connectivity index (χ4v) is 4.91. The van der Waals surface area contributed by atoms with Crippen LogP contribution in [0.15, 0.2) is 23.3 Å². The second kappa shape index (κ2) is 8.05. The summed E-state index contributed by atoms with van der Waals surface area (Å²) < 4.78 is 0. The number of aromatic nitrogens is 1. The smallest absolute Gasteiger partial charge is 0.193 e. The molecule has 2 saturated heterocycles. The van der Waals surface area contributed by atoms with Crippen molar-refractivity contribution in [1.29, 1.82) is 0 Å². The molecule has 6 heteroatoms. The Labute approximate surface area is 163 Å². The van der Waals surface area contributed by atoms with Gasteiger partial charge < -0.3 is 20.0 Å². The molecule has 0 aromatic carbocycles. The van der Waals surface area contributed by atoms with E-state index in [9.17, 15) is 0 Å². The minimum Gasteiger partial charge on any atom is -0.354 e. The monoisotopic (exact) mass is 370 g/mol. The molecule has 2 aliphatic heterocycles. The van der Waals surface area contributed by atoms with Gasteiger partial charge in [0.2, 0.25) is 0 Å². The lowest BCUT2D eigenvalue weighted by molar-refractivity contribution is 0.309. The summed E-state index contributed by atoms with van der Waals surface area (Å²) in [5, 5.41) is 3.55. The van der Waals surface area contributed by atoms with Gasteiger partial charge in [0.25, 0.3) is 0 Å². The van der Waals surface area contributed by atoms with E-state index in [2.05, 4.69) is 44.2 Å². The Morgan fingerprint density at radius 2 is 1.89 bits per heavy atom. The molecular formula is C21H34N6. The Balaban J connectivity index is 1.30. The lowest BCUT2D eigenvalue weighted by atomic mass is 9.86. The second-order valence-corrected chi connectivity index (χ2v) is 8.59. The molecule has 3 fully saturated rings. The zero-order valence-electron chi connectivity index (χ0n) is 17.0. The Kier molecular flexibility index (Phi) is 5.53. The van der Waals surface area contributed by atoms with Gasteiger partial charge in [0.05, 0.1) is 0 Å². The van der Waals surface area contributed by atoms with E-state index in [0.717, 1.165) is 51.0 Å². The van der Waals surface area contributed by atoms with Crippen LogP contribution < -0.4 is 10.2 Å². The largest absolute Gasteiger partial charge is 0.354 e. The van der Waals surface area contributed by atoms with Crippen LogP contribution >= 0.6 is 0 Å². The summed E-state index contributed by atoms with van der Waals surface area (Å²) in [4.78, 5) is 16.4.